The second-order valence-electron chi connectivity index (χ2n) is 1.94. The van der Waals surface area contributed by atoms with Crippen molar-refractivity contribution in [1.82, 2.24) is 0 Å². The highest BCUT2D eigenvalue weighted by molar-refractivity contribution is 6.47. The van der Waals surface area contributed by atoms with Crippen LogP contribution in [0, 0.1) is 0 Å². The lowest BCUT2D eigenvalue weighted by Crippen LogP contribution is -2.22. The Bertz CT molecular complexity index is 74.5. The smallest absolute Gasteiger partial charge is 0.217 e. The van der Waals surface area contributed by atoms with E-state index in [0.717, 1.165) is 19.3 Å². The highest BCUT2D eigenvalue weighted by atomic mass is 35.5. The maximum Gasteiger partial charge on any atom is 0.217 e. The van der Waals surface area contributed by atoms with Gasteiger partial charge in [0.05, 0.1) is 6.61 Å². The van der Waals surface area contributed by atoms with E-state index in [1.165, 1.54) is 0 Å². The largest absolute Gasteiger partial charge is 0.347 e. The molecule has 0 bridgehead atoms. The van der Waals surface area contributed by atoms with Crippen LogP contribution >= 0.6 is 23.2 Å². The summed E-state index contributed by atoms with van der Waals surface area (Å²) in [5.74, 6) is 0. The molecule has 0 atom stereocenters. The van der Waals surface area contributed by atoms with Gasteiger partial charge in [0.2, 0.25) is 4.52 Å². The second-order valence-corrected chi connectivity index (χ2v) is 3.36. The molecule has 48 valence electrons. The molecular weight excluding hydrogens is 147 g/mol. The van der Waals surface area contributed by atoms with Crippen molar-refractivity contribution in [2.45, 2.75) is 23.8 Å². The maximum absolute atomic E-state index is 5.62. The van der Waals surface area contributed by atoms with Crippen LogP contribution in [0.5, 0.6) is 0 Å². The average molecular weight is 155 g/mol. The molecule has 1 fully saturated rings. The highest BCUT2D eigenvalue weighted by Crippen LogP contribution is 2.32. The van der Waals surface area contributed by atoms with E-state index >= 15 is 0 Å². The Balaban J connectivity index is 2.33. The number of hydrogen-bond donors (Lipinski definition) is 0. The molecule has 0 unspecified atom stereocenters. The summed E-state index contributed by atoms with van der Waals surface area (Å²) >= 11 is 11.2. The summed E-state index contributed by atoms with van der Waals surface area (Å²) in [6.45, 7) is 0.701. The lowest BCUT2D eigenvalue weighted by Gasteiger charge is -2.24. The molecule has 0 aromatic carbocycles. The van der Waals surface area contributed by atoms with Gasteiger partial charge in [-0.05, 0) is 12.8 Å². The van der Waals surface area contributed by atoms with Gasteiger partial charge in [0.25, 0.3) is 0 Å². The molecule has 0 N–H and O–H groups in total. The fourth-order valence-corrected chi connectivity index (χ4v) is 1.15. The Morgan fingerprint density at radius 1 is 1.25 bits per heavy atom. The molecule has 1 rings (SSSR count). The first-order valence-corrected chi connectivity index (χ1v) is 3.48. The van der Waals surface area contributed by atoms with Crippen LogP contribution < -0.4 is 0 Å². The molecule has 0 aromatic rings. The molecule has 0 aromatic heterocycles. The van der Waals surface area contributed by atoms with Gasteiger partial charge >= 0.3 is 0 Å². The molecule has 1 nitrogen and oxygen atoms in total. The monoisotopic (exact) mass is 154 g/mol. The average Bonchev–Trinajstić information content (AvgIpc) is 1.65. The van der Waals surface area contributed by atoms with E-state index in [9.17, 15) is 0 Å². The number of halogens is 2. The van der Waals surface area contributed by atoms with Crippen LogP contribution in [0.4, 0.5) is 0 Å². The van der Waals surface area contributed by atoms with Gasteiger partial charge in [-0.1, -0.05) is 23.2 Å². The van der Waals surface area contributed by atoms with E-state index < -0.39 is 4.52 Å². The minimum Gasteiger partial charge on any atom is -0.347 e. The third-order valence-corrected chi connectivity index (χ3v) is 1.77. The van der Waals surface area contributed by atoms with Gasteiger partial charge in [0, 0.05) is 6.42 Å². The Hall–Kier alpha value is 0.540. The molecule has 0 saturated carbocycles. The topological polar surface area (TPSA) is 9.23 Å². The van der Waals surface area contributed by atoms with Crippen molar-refractivity contribution < 1.29 is 4.74 Å². The van der Waals surface area contributed by atoms with Gasteiger partial charge in [-0.3, -0.25) is 0 Å². The number of ether oxygens (including phenoxy) is 1. The van der Waals surface area contributed by atoms with Crippen molar-refractivity contribution in [1.29, 1.82) is 0 Å². The van der Waals surface area contributed by atoms with Gasteiger partial charge in [-0.15, -0.1) is 0 Å². The summed E-state index contributed by atoms with van der Waals surface area (Å²) in [5, 5.41) is 0. The van der Waals surface area contributed by atoms with E-state index in [0.29, 0.717) is 6.61 Å². The Kier molecular flexibility index (Phi) is 2.02. The van der Waals surface area contributed by atoms with E-state index in [-0.39, 0.29) is 0 Å². The van der Waals surface area contributed by atoms with Gasteiger partial charge in [-0.25, -0.2) is 0 Å². The zero-order valence-electron chi connectivity index (χ0n) is 4.49. The lowest BCUT2D eigenvalue weighted by molar-refractivity contribution is 0.0393. The van der Waals surface area contributed by atoms with Crippen LogP contribution in [0.3, 0.4) is 0 Å². The first kappa shape index (κ1) is 6.66. The molecule has 0 radical (unpaired) electrons. The first-order chi connectivity index (χ1) is 3.71. The first-order valence-electron chi connectivity index (χ1n) is 2.72. The van der Waals surface area contributed by atoms with Crippen molar-refractivity contribution in [3.63, 3.8) is 0 Å². The van der Waals surface area contributed by atoms with E-state index in [1.54, 1.807) is 0 Å². The predicted molar refractivity (Wildman–Crippen MR) is 34.2 cm³/mol. The summed E-state index contributed by atoms with van der Waals surface area (Å²) in [7, 11) is 0. The predicted octanol–water partition coefficient (Wildman–Crippen LogP) is 2.32. The lowest BCUT2D eigenvalue weighted by atomic mass is 10.2. The van der Waals surface area contributed by atoms with Crippen LogP contribution in [0.25, 0.3) is 0 Å². The molecule has 1 aliphatic rings. The molecule has 1 saturated heterocycles. The second kappa shape index (κ2) is 2.42. The Morgan fingerprint density at radius 3 is 2.25 bits per heavy atom. The molecule has 3 heteroatoms. The SMILES string of the molecule is ClC1(Cl)CCCCO1. The van der Waals surface area contributed by atoms with Gasteiger partial charge in [0.15, 0.2) is 0 Å². The quantitative estimate of drug-likeness (QED) is 0.487. The van der Waals surface area contributed by atoms with E-state index in [2.05, 4.69) is 0 Å². The van der Waals surface area contributed by atoms with Crippen LogP contribution in [0.1, 0.15) is 19.3 Å². The van der Waals surface area contributed by atoms with Crippen LogP contribution in [-0.4, -0.2) is 11.1 Å². The molecule has 0 spiro atoms. The fraction of sp³-hybridized carbons (Fsp3) is 1.00. The van der Waals surface area contributed by atoms with Crippen molar-refractivity contribution in [3.8, 4) is 0 Å². The minimum atomic E-state index is -0.877. The summed E-state index contributed by atoms with van der Waals surface area (Å²) < 4.78 is 4.12. The summed E-state index contributed by atoms with van der Waals surface area (Å²) in [5.41, 5.74) is 0. The third-order valence-electron chi connectivity index (χ3n) is 1.18. The van der Waals surface area contributed by atoms with Crippen molar-refractivity contribution in [2.75, 3.05) is 6.61 Å². The number of hydrogen-bond acceptors (Lipinski definition) is 1. The highest BCUT2D eigenvalue weighted by Gasteiger charge is 2.26. The van der Waals surface area contributed by atoms with E-state index in [4.69, 9.17) is 27.9 Å². The summed E-state index contributed by atoms with van der Waals surface area (Å²) in [4.78, 5) is 0. The molecule has 1 aliphatic heterocycles. The van der Waals surface area contributed by atoms with Crippen LogP contribution in [0.15, 0.2) is 0 Å². The zero-order chi connectivity index (χ0) is 6.04. The summed E-state index contributed by atoms with van der Waals surface area (Å²) in [6, 6.07) is 0. The Labute approximate surface area is 58.9 Å². The van der Waals surface area contributed by atoms with Gasteiger partial charge in [-0.2, -0.15) is 0 Å². The van der Waals surface area contributed by atoms with Crippen molar-refractivity contribution in [3.05, 3.63) is 0 Å². The van der Waals surface area contributed by atoms with Crippen LogP contribution in [0.2, 0.25) is 0 Å². The third kappa shape index (κ3) is 1.81. The van der Waals surface area contributed by atoms with E-state index in [1.807, 2.05) is 0 Å². The normalized spacial score (nSPS) is 27.8. The molecule has 8 heavy (non-hydrogen) atoms. The van der Waals surface area contributed by atoms with Crippen LogP contribution in [-0.2, 0) is 4.74 Å². The number of alkyl halides is 2. The standard InChI is InChI=1S/C5H8Cl2O/c6-5(7)3-1-2-4-8-5/h1-4H2. The molecule has 0 amide bonds. The zero-order valence-corrected chi connectivity index (χ0v) is 6.00. The van der Waals surface area contributed by atoms with Gasteiger partial charge < -0.3 is 4.74 Å². The van der Waals surface area contributed by atoms with Gasteiger partial charge in [0.1, 0.15) is 0 Å². The Morgan fingerprint density at radius 2 is 2.00 bits per heavy atom. The van der Waals surface area contributed by atoms with Crippen molar-refractivity contribution >= 4 is 23.2 Å². The minimum absolute atomic E-state index is 0.701. The molecular formula is C5H8Cl2O. The fourth-order valence-electron chi connectivity index (χ4n) is 0.727. The molecule has 1 heterocycles. The summed E-state index contributed by atoms with van der Waals surface area (Å²) in [6.07, 6.45) is 2.92. The molecule has 0 aliphatic carbocycles. The van der Waals surface area contributed by atoms with Crippen molar-refractivity contribution in [2.24, 2.45) is 0 Å². The number of rotatable bonds is 0. The maximum atomic E-state index is 5.62.